The minimum atomic E-state index is -0.244. The molecule has 0 bridgehead atoms. The van der Waals surface area contributed by atoms with Gasteiger partial charge >= 0.3 is 6.03 Å². The van der Waals surface area contributed by atoms with Gasteiger partial charge in [0.2, 0.25) is 0 Å². The van der Waals surface area contributed by atoms with Crippen molar-refractivity contribution in [3.63, 3.8) is 0 Å². The smallest absolute Gasteiger partial charge is 0.319 e. The van der Waals surface area contributed by atoms with Gasteiger partial charge in [-0.25, -0.2) is 4.79 Å². The molecule has 1 aromatic carbocycles. The summed E-state index contributed by atoms with van der Waals surface area (Å²) in [5, 5.41) is 18.8. The molecule has 1 aliphatic carbocycles. The lowest BCUT2D eigenvalue weighted by atomic mass is 9.93. The van der Waals surface area contributed by atoms with Crippen molar-refractivity contribution in [1.29, 1.82) is 5.26 Å². The molecule has 2 N–H and O–H groups in total. The van der Waals surface area contributed by atoms with E-state index in [-0.39, 0.29) is 12.1 Å². The van der Waals surface area contributed by atoms with Crippen LogP contribution in [0.3, 0.4) is 0 Å². The second-order valence-electron chi connectivity index (χ2n) is 5.40. The second-order valence-corrected chi connectivity index (χ2v) is 5.40. The molecule has 6 nitrogen and oxygen atoms in total. The average molecular weight is 295 g/mol. The summed E-state index contributed by atoms with van der Waals surface area (Å²) in [6.07, 6.45) is 4.79. The Balaban J connectivity index is 1.66. The van der Waals surface area contributed by atoms with Crippen LogP contribution in [0.1, 0.15) is 35.7 Å². The van der Waals surface area contributed by atoms with E-state index in [1.807, 2.05) is 24.0 Å². The van der Waals surface area contributed by atoms with Gasteiger partial charge < -0.3 is 10.6 Å². The number of fused-ring (bicyclic) bond motifs is 1. The van der Waals surface area contributed by atoms with Crippen molar-refractivity contribution in [2.75, 3.05) is 5.32 Å². The van der Waals surface area contributed by atoms with Crippen molar-refractivity contribution in [2.24, 2.45) is 7.05 Å². The van der Waals surface area contributed by atoms with E-state index < -0.39 is 0 Å². The fourth-order valence-corrected chi connectivity index (χ4v) is 2.81. The minimum absolute atomic E-state index is 0.00386. The highest BCUT2D eigenvalue weighted by Gasteiger charge is 2.24. The van der Waals surface area contributed by atoms with E-state index in [2.05, 4.69) is 15.7 Å². The Bertz CT molecular complexity index is 726. The predicted octanol–water partition coefficient (Wildman–Crippen LogP) is 2.49. The van der Waals surface area contributed by atoms with E-state index in [1.165, 1.54) is 5.69 Å². The van der Waals surface area contributed by atoms with Crippen LogP contribution in [0.2, 0.25) is 0 Å². The van der Waals surface area contributed by atoms with Crippen molar-refractivity contribution in [2.45, 2.75) is 25.3 Å². The standard InChI is InChI=1S/C16H17N5O/c1-21-15-4-2-3-14(13(15)10-18-21)20-16(22)19-12-7-5-11(9-17)6-8-12/h5-8,10,14H,2-4H2,1H3,(H2,19,20,22)/t14-/m0/s1. The van der Waals surface area contributed by atoms with Crippen molar-refractivity contribution in [1.82, 2.24) is 15.1 Å². The van der Waals surface area contributed by atoms with Gasteiger partial charge in [-0.2, -0.15) is 10.4 Å². The van der Waals surface area contributed by atoms with Crippen LogP contribution in [-0.4, -0.2) is 15.8 Å². The topological polar surface area (TPSA) is 82.7 Å². The summed E-state index contributed by atoms with van der Waals surface area (Å²) < 4.78 is 1.88. The summed E-state index contributed by atoms with van der Waals surface area (Å²) in [7, 11) is 1.93. The third-order valence-corrected chi connectivity index (χ3v) is 3.95. The summed E-state index contributed by atoms with van der Waals surface area (Å²) in [5.41, 5.74) is 3.52. The molecule has 0 fully saturated rings. The highest BCUT2D eigenvalue weighted by Crippen LogP contribution is 2.29. The Morgan fingerprint density at radius 2 is 2.18 bits per heavy atom. The third-order valence-electron chi connectivity index (χ3n) is 3.95. The summed E-state index contributed by atoms with van der Waals surface area (Å²) in [6, 6.07) is 8.59. The maximum absolute atomic E-state index is 12.1. The molecule has 0 radical (unpaired) electrons. The number of benzene rings is 1. The van der Waals surface area contributed by atoms with E-state index in [9.17, 15) is 4.79 Å². The number of nitrogens with zero attached hydrogens (tertiary/aromatic N) is 3. The number of hydrogen-bond acceptors (Lipinski definition) is 3. The van der Waals surface area contributed by atoms with Gasteiger partial charge in [-0.3, -0.25) is 4.68 Å². The van der Waals surface area contributed by atoms with E-state index in [0.717, 1.165) is 24.8 Å². The molecule has 2 amide bonds. The van der Waals surface area contributed by atoms with Crippen LogP contribution < -0.4 is 10.6 Å². The molecule has 112 valence electrons. The fraction of sp³-hybridized carbons (Fsp3) is 0.312. The lowest BCUT2D eigenvalue weighted by molar-refractivity contribution is 0.247. The van der Waals surface area contributed by atoms with Crippen LogP contribution in [0.4, 0.5) is 10.5 Å². The molecule has 1 heterocycles. The highest BCUT2D eigenvalue weighted by molar-refractivity contribution is 5.89. The Morgan fingerprint density at radius 1 is 1.41 bits per heavy atom. The number of rotatable bonds is 2. The first-order valence-electron chi connectivity index (χ1n) is 7.26. The minimum Gasteiger partial charge on any atom is -0.331 e. The summed E-state index contributed by atoms with van der Waals surface area (Å²) in [5.74, 6) is 0. The van der Waals surface area contributed by atoms with Crippen LogP contribution in [-0.2, 0) is 13.5 Å². The van der Waals surface area contributed by atoms with Gasteiger partial charge in [0.15, 0.2) is 0 Å². The molecule has 2 aromatic rings. The molecule has 0 unspecified atom stereocenters. The number of amides is 2. The van der Waals surface area contributed by atoms with Gasteiger partial charge in [0.25, 0.3) is 0 Å². The third kappa shape index (κ3) is 2.79. The van der Waals surface area contributed by atoms with Gasteiger partial charge in [-0.1, -0.05) is 0 Å². The molecular formula is C16H17N5O. The fourth-order valence-electron chi connectivity index (χ4n) is 2.81. The Morgan fingerprint density at radius 3 is 2.91 bits per heavy atom. The first-order valence-corrected chi connectivity index (χ1v) is 7.26. The monoisotopic (exact) mass is 295 g/mol. The molecular weight excluding hydrogens is 278 g/mol. The number of aromatic nitrogens is 2. The molecule has 0 spiro atoms. The number of aryl methyl sites for hydroxylation is 1. The summed E-state index contributed by atoms with van der Waals surface area (Å²) >= 11 is 0. The van der Waals surface area contributed by atoms with E-state index in [0.29, 0.717) is 11.3 Å². The summed E-state index contributed by atoms with van der Waals surface area (Å²) in [4.78, 5) is 12.1. The lowest BCUT2D eigenvalue weighted by Crippen LogP contribution is -2.34. The van der Waals surface area contributed by atoms with Crippen LogP contribution in [0.25, 0.3) is 0 Å². The van der Waals surface area contributed by atoms with Gasteiger partial charge in [-0.15, -0.1) is 0 Å². The number of nitrogens with one attached hydrogen (secondary N) is 2. The van der Waals surface area contributed by atoms with Gasteiger partial charge in [0.1, 0.15) is 0 Å². The first kappa shape index (κ1) is 14.1. The Labute approximate surface area is 128 Å². The normalized spacial score (nSPS) is 16.5. The van der Waals surface area contributed by atoms with E-state index >= 15 is 0 Å². The molecule has 0 saturated heterocycles. The van der Waals surface area contributed by atoms with Crippen molar-refractivity contribution in [3.8, 4) is 6.07 Å². The van der Waals surface area contributed by atoms with Crippen molar-refractivity contribution >= 4 is 11.7 Å². The van der Waals surface area contributed by atoms with Crippen LogP contribution in [0.5, 0.6) is 0 Å². The maximum Gasteiger partial charge on any atom is 0.319 e. The average Bonchev–Trinajstić information content (AvgIpc) is 2.91. The maximum atomic E-state index is 12.1. The Kier molecular flexibility index (Phi) is 3.79. The zero-order chi connectivity index (χ0) is 15.5. The van der Waals surface area contributed by atoms with Gasteiger partial charge in [0.05, 0.1) is 23.9 Å². The highest BCUT2D eigenvalue weighted by atomic mass is 16.2. The van der Waals surface area contributed by atoms with Crippen molar-refractivity contribution in [3.05, 3.63) is 47.3 Å². The molecule has 0 saturated carbocycles. The summed E-state index contributed by atoms with van der Waals surface area (Å²) in [6.45, 7) is 0. The molecule has 1 aliphatic rings. The molecule has 22 heavy (non-hydrogen) atoms. The lowest BCUT2D eigenvalue weighted by Gasteiger charge is -2.23. The van der Waals surface area contributed by atoms with Gasteiger partial charge in [-0.05, 0) is 43.5 Å². The van der Waals surface area contributed by atoms with Crippen molar-refractivity contribution < 1.29 is 4.79 Å². The number of anilines is 1. The SMILES string of the molecule is Cn1ncc2c1CCC[C@@H]2NC(=O)Nc1ccc(C#N)cc1. The zero-order valence-electron chi connectivity index (χ0n) is 12.3. The number of carbonyl (C=O) groups excluding carboxylic acids is 1. The van der Waals surface area contributed by atoms with Crippen LogP contribution in [0.15, 0.2) is 30.5 Å². The Hall–Kier alpha value is -2.81. The molecule has 3 rings (SSSR count). The first-order chi connectivity index (χ1) is 10.7. The van der Waals surface area contributed by atoms with E-state index in [1.54, 1.807) is 24.3 Å². The van der Waals surface area contributed by atoms with Crippen LogP contribution >= 0.6 is 0 Å². The number of hydrogen-bond donors (Lipinski definition) is 2. The van der Waals surface area contributed by atoms with Gasteiger partial charge in [0, 0.05) is 24.0 Å². The zero-order valence-corrected chi connectivity index (χ0v) is 12.3. The van der Waals surface area contributed by atoms with E-state index in [4.69, 9.17) is 5.26 Å². The largest absolute Gasteiger partial charge is 0.331 e. The predicted molar refractivity (Wildman–Crippen MR) is 82.2 cm³/mol. The number of carbonyl (C=O) groups is 1. The quantitative estimate of drug-likeness (QED) is 0.893. The molecule has 6 heteroatoms. The number of urea groups is 1. The number of nitriles is 1. The van der Waals surface area contributed by atoms with Crippen LogP contribution in [0, 0.1) is 11.3 Å². The molecule has 0 aliphatic heterocycles. The molecule has 1 atom stereocenters. The second kappa shape index (κ2) is 5.90. The molecule has 1 aromatic heterocycles.